The molecule has 2 atom stereocenters. The highest BCUT2D eigenvalue weighted by Gasteiger charge is 2.38. The van der Waals surface area contributed by atoms with E-state index < -0.39 is 60.0 Å². The van der Waals surface area contributed by atoms with E-state index in [4.69, 9.17) is 11.1 Å². The average molecular weight is 685 g/mol. The molecule has 0 saturated heterocycles. The van der Waals surface area contributed by atoms with Crippen molar-refractivity contribution in [1.82, 2.24) is 0 Å². The first-order chi connectivity index (χ1) is 20.6. The van der Waals surface area contributed by atoms with Gasteiger partial charge in [0.25, 0.3) is 0 Å². The van der Waals surface area contributed by atoms with Gasteiger partial charge in [-0.1, -0.05) is 59.5 Å². The van der Waals surface area contributed by atoms with Crippen molar-refractivity contribution in [3.05, 3.63) is 105 Å². The summed E-state index contributed by atoms with van der Waals surface area (Å²) in [5, 5.41) is 6.59. The molecule has 0 radical (unpaired) electrons. The Kier molecular flexibility index (Phi) is 13.2. The lowest BCUT2D eigenvalue weighted by Crippen LogP contribution is -2.31. The molecule has 0 saturated carbocycles. The molecule has 0 aliphatic rings. The van der Waals surface area contributed by atoms with E-state index in [1.807, 2.05) is 0 Å². The van der Waals surface area contributed by atoms with E-state index in [2.05, 4.69) is 20.1 Å². The lowest BCUT2D eigenvalue weighted by molar-refractivity contribution is 0.571. The fourth-order valence-corrected chi connectivity index (χ4v) is 13.2. The Morgan fingerprint density at radius 1 is 0.614 bits per heavy atom. The summed E-state index contributed by atoms with van der Waals surface area (Å²) < 4.78 is 102. The summed E-state index contributed by atoms with van der Waals surface area (Å²) in [6, 6.07) is 13.9. The van der Waals surface area contributed by atoms with Crippen molar-refractivity contribution in [3.8, 4) is 0 Å². The fourth-order valence-electron chi connectivity index (χ4n) is 4.06. The number of sulfone groups is 4. The molecule has 0 aromatic heterocycles. The monoisotopic (exact) mass is 684 g/mol. The highest BCUT2D eigenvalue weighted by molar-refractivity contribution is 8.09. The van der Waals surface area contributed by atoms with Crippen LogP contribution in [-0.2, 0) is 39.3 Å². The van der Waals surface area contributed by atoms with Crippen molar-refractivity contribution in [3.63, 3.8) is 0 Å². The quantitative estimate of drug-likeness (QED) is 0.0902. The van der Waals surface area contributed by atoms with Crippen LogP contribution in [0.15, 0.2) is 104 Å². The number of allylic oxidation sites excluding steroid dienone is 2. The predicted octanol–water partition coefficient (Wildman–Crippen LogP) is 5.40. The Labute approximate surface area is 257 Å². The smallest absolute Gasteiger partial charge is 0.199 e. The molecule has 0 N–H and O–H groups in total. The van der Waals surface area contributed by atoms with Gasteiger partial charge in [0.15, 0.2) is 48.5 Å². The zero-order valence-corrected chi connectivity index (χ0v) is 27.2. The van der Waals surface area contributed by atoms with Crippen molar-refractivity contribution in [2.45, 2.75) is 58.5 Å². The first-order valence-electron chi connectivity index (χ1n) is 13.1. The van der Waals surface area contributed by atoms with Gasteiger partial charge in [0.05, 0.1) is 21.3 Å². The van der Waals surface area contributed by atoms with Crippen molar-refractivity contribution in [2.75, 3.05) is 11.5 Å². The van der Waals surface area contributed by atoms with Crippen LogP contribution in [0.5, 0.6) is 0 Å². The van der Waals surface area contributed by atoms with Gasteiger partial charge in [-0.3, -0.25) is 0 Å². The Balaban J connectivity index is 2.17. The minimum absolute atomic E-state index is 0.0146. The SMILES string of the molecule is CC(=CC(S(=O)(=O)CCCCCCS(=O)(=O)C(C=C(C)N=[N+]=[N-])S(=O)(=O)c1ccccc1)S(=O)(=O)c1ccccc1)N=[N+]=[N-]. The van der Waals surface area contributed by atoms with Crippen LogP contribution < -0.4 is 0 Å². The van der Waals surface area contributed by atoms with Crippen LogP contribution in [0.3, 0.4) is 0 Å². The van der Waals surface area contributed by atoms with Crippen molar-refractivity contribution < 1.29 is 33.7 Å². The fraction of sp³-hybridized carbons (Fsp3) is 0.385. The Hall–Kier alpha value is -3.66. The number of benzene rings is 2. The molecule has 0 fully saturated rings. The Bertz CT molecular complexity index is 1760. The molecular formula is C26H32N6O8S4. The maximum absolute atomic E-state index is 13.2. The second kappa shape index (κ2) is 15.9. The molecule has 2 aromatic rings. The van der Waals surface area contributed by atoms with Gasteiger partial charge >= 0.3 is 0 Å². The lowest BCUT2D eigenvalue weighted by Gasteiger charge is -2.17. The topological polar surface area (TPSA) is 234 Å². The summed E-state index contributed by atoms with van der Waals surface area (Å²) in [5.41, 5.74) is 17.1. The summed E-state index contributed by atoms with van der Waals surface area (Å²) in [5.74, 6) is -1.12. The molecular weight excluding hydrogens is 653 g/mol. The molecule has 0 spiro atoms. The van der Waals surface area contributed by atoms with Crippen molar-refractivity contribution in [1.29, 1.82) is 0 Å². The van der Waals surface area contributed by atoms with Gasteiger partial charge in [0, 0.05) is 21.2 Å². The normalized spacial score (nSPS) is 14.6. The van der Waals surface area contributed by atoms with E-state index in [1.54, 1.807) is 12.1 Å². The third kappa shape index (κ3) is 9.94. The molecule has 2 unspecified atom stereocenters. The first kappa shape index (κ1) is 36.5. The molecule has 14 nitrogen and oxygen atoms in total. The molecule has 238 valence electrons. The highest BCUT2D eigenvalue weighted by Crippen LogP contribution is 2.26. The minimum Gasteiger partial charge on any atom is -0.227 e. The number of nitrogens with zero attached hydrogens (tertiary/aromatic N) is 6. The van der Waals surface area contributed by atoms with E-state index in [0.29, 0.717) is 0 Å². The van der Waals surface area contributed by atoms with E-state index in [1.165, 1.54) is 62.4 Å². The molecule has 0 aliphatic heterocycles. The molecule has 2 aromatic carbocycles. The van der Waals surface area contributed by atoms with Crippen LogP contribution in [0.2, 0.25) is 0 Å². The van der Waals surface area contributed by atoms with Gasteiger partial charge in [-0.25, -0.2) is 33.7 Å². The Morgan fingerprint density at radius 2 is 0.932 bits per heavy atom. The molecule has 2 rings (SSSR count). The third-order valence-corrected chi connectivity index (χ3v) is 16.3. The molecule has 44 heavy (non-hydrogen) atoms. The van der Waals surface area contributed by atoms with Crippen LogP contribution in [0.25, 0.3) is 20.9 Å². The number of rotatable bonds is 17. The molecule has 0 aliphatic carbocycles. The lowest BCUT2D eigenvalue weighted by atomic mass is 10.2. The predicted molar refractivity (Wildman–Crippen MR) is 167 cm³/mol. The summed E-state index contributed by atoms with van der Waals surface area (Å²) in [4.78, 5) is 4.68. The van der Waals surface area contributed by atoms with Gasteiger partial charge in [-0.2, -0.15) is 0 Å². The first-order valence-corrected chi connectivity index (χ1v) is 19.6. The number of azide groups is 2. The van der Waals surface area contributed by atoms with Gasteiger partial charge in [0.1, 0.15) is 0 Å². The minimum atomic E-state index is -4.42. The second-order valence-corrected chi connectivity index (χ2v) is 18.8. The van der Waals surface area contributed by atoms with Crippen molar-refractivity contribution in [2.24, 2.45) is 10.2 Å². The third-order valence-electron chi connectivity index (χ3n) is 6.23. The van der Waals surface area contributed by atoms with Crippen LogP contribution in [-0.4, -0.2) is 54.3 Å². The summed E-state index contributed by atoms with van der Waals surface area (Å²) in [6.45, 7) is 2.55. The standard InChI is InChI=1S/C26H32N6O8S4/c1-21(29-31-27)19-25(43(37,38)23-13-7-5-8-14-23)41(33,34)17-11-3-4-12-18-42(35,36)26(20-22(2)30-32-28)44(39,40)24-15-9-6-10-16-24/h5-10,13-16,19-20,25-26H,3-4,11-12,17-18H2,1-2H3. The Morgan fingerprint density at radius 3 is 1.23 bits per heavy atom. The van der Waals surface area contributed by atoms with Crippen LogP contribution in [0.4, 0.5) is 0 Å². The highest BCUT2D eigenvalue weighted by atomic mass is 32.3. The number of unbranched alkanes of at least 4 members (excludes halogenated alkanes) is 3. The van der Waals surface area contributed by atoms with Crippen LogP contribution in [0, 0.1) is 0 Å². The number of hydrogen-bond acceptors (Lipinski definition) is 10. The zero-order chi connectivity index (χ0) is 33.0. The summed E-state index contributed by atoms with van der Waals surface area (Å²) in [7, 11) is -17.5. The van der Waals surface area contributed by atoms with Gasteiger partial charge < -0.3 is 0 Å². The molecule has 0 amide bonds. The van der Waals surface area contributed by atoms with Gasteiger partial charge in [-0.05, 0) is 74.2 Å². The van der Waals surface area contributed by atoms with E-state index in [9.17, 15) is 33.7 Å². The summed E-state index contributed by atoms with van der Waals surface area (Å²) >= 11 is 0. The summed E-state index contributed by atoms with van der Waals surface area (Å²) in [6.07, 6.45) is 2.11. The van der Waals surface area contributed by atoms with Crippen LogP contribution >= 0.6 is 0 Å². The van der Waals surface area contributed by atoms with E-state index in [-0.39, 0.29) is 46.9 Å². The second-order valence-electron chi connectivity index (χ2n) is 9.60. The van der Waals surface area contributed by atoms with Gasteiger partial charge in [-0.15, -0.1) is 0 Å². The molecule has 18 heteroatoms. The average Bonchev–Trinajstić information content (AvgIpc) is 2.97. The maximum atomic E-state index is 13.2. The molecule has 0 heterocycles. The molecule has 0 bridgehead atoms. The number of hydrogen-bond donors (Lipinski definition) is 0. The maximum Gasteiger partial charge on any atom is 0.199 e. The van der Waals surface area contributed by atoms with Gasteiger partial charge in [0.2, 0.25) is 0 Å². The largest absolute Gasteiger partial charge is 0.227 e. The zero-order valence-electron chi connectivity index (χ0n) is 23.9. The van der Waals surface area contributed by atoms with Crippen molar-refractivity contribution >= 4 is 39.3 Å². The van der Waals surface area contributed by atoms with E-state index in [0.717, 1.165) is 12.2 Å². The van der Waals surface area contributed by atoms with E-state index >= 15 is 0 Å². The van der Waals surface area contributed by atoms with Crippen LogP contribution in [0.1, 0.15) is 39.5 Å².